The number of nitrogens with zero attached hydrogens (tertiary/aromatic N) is 1. The van der Waals surface area contributed by atoms with Crippen LogP contribution in [0.4, 0.5) is 4.79 Å². The number of imide groups is 1. The molecule has 0 aliphatic carbocycles. The molecular formula is C16H17ClN2O5S. The largest absolute Gasteiger partial charge is 0.490 e. The molecule has 9 heteroatoms. The quantitative estimate of drug-likeness (QED) is 0.725. The average molecular weight is 385 g/mol. The van der Waals surface area contributed by atoms with E-state index in [0.29, 0.717) is 35.3 Å². The van der Waals surface area contributed by atoms with Crippen molar-refractivity contribution in [2.24, 2.45) is 5.73 Å². The third-order valence-corrected chi connectivity index (χ3v) is 4.29. The predicted molar refractivity (Wildman–Crippen MR) is 95.7 cm³/mol. The normalized spacial score (nSPS) is 15.8. The van der Waals surface area contributed by atoms with Gasteiger partial charge in [-0.15, -0.1) is 0 Å². The first-order chi connectivity index (χ1) is 11.9. The van der Waals surface area contributed by atoms with Gasteiger partial charge < -0.3 is 15.2 Å². The summed E-state index contributed by atoms with van der Waals surface area (Å²) in [4.78, 5) is 36.0. The van der Waals surface area contributed by atoms with E-state index in [4.69, 9.17) is 26.8 Å². The minimum atomic E-state index is -0.758. The van der Waals surface area contributed by atoms with Gasteiger partial charge in [-0.1, -0.05) is 11.6 Å². The molecule has 1 aliphatic rings. The second-order valence-corrected chi connectivity index (χ2v) is 6.33. The number of hydrogen-bond acceptors (Lipinski definition) is 6. The van der Waals surface area contributed by atoms with Gasteiger partial charge >= 0.3 is 0 Å². The Kier molecular flexibility index (Phi) is 6.33. The first-order valence-corrected chi connectivity index (χ1v) is 8.69. The maximum absolute atomic E-state index is 12.2. The molecule has 1 saturated heterocycles. The summed E-state index contributed by atoms with van der Waals surface area (Å²) in [5, 5.41) is -0.215. The van der Waals surface area contributed by atoms with Crippen molar-refractivity contribution in [2.75, 3.05) is 19.8 Å². The lowest BCUT2D eigenvalue weighted by Gasteiger charge is -2.13. The smallest absolute Gasteiger partial charge is 0.294 e. The number of benzene rings is 1. The first kappa shape index (κ1) is 19.1. The fourth-order valence-corrected chi connectivity index (χ4v) is 3.27. The molecule has 1 aromatic rings. The summed E-state index contributed by atoms with van der Waals surface area (Å²) in [6.07, 6.45) is 1.51. The third kappa shape index (κ3) is 4.46. The molecular weight excluding hydrogens is 368 g/mol. The summed E-state index contributed by atoms with van der Waals surface area (Å²) in [5.41, 5.74) is 5.62. The van der Waals surface area contributed by atoms with Gasteiger partial charge in [-0.25, -0.2) is 0 Å². The molecule has 0 bridgehead atoms. The van der Waals surface area contributed by atoms with Crippen molar-refractivity contribution in [1.29, 1.82) is 0 Å². The first-order valence-electron chi connectivity index (χ1n) is 7.50. The minimum Gasteiger partial charge on any atom is -0.490 e. The van der Waals surface area contributed by atoms with Gasteiger partial charge in [0.1, 0.15) is 6.54 Å². The molecule has 1 aliphatic heterocycles. The highest BCUT2D eigenvalue weighted by atomic mass is 35.5. The Balaban J connectivity index is 2.36. The van der Waals surface area contributed by atoms with Crippen LogP contribution < -0.4 is 15.2 Å². The van der Waals surface area contributed by atoms with Crippen LogP contribution in [0.2, 0.25) is 5.02 Å². The standard InChI is InChI=1S/C16H17ClN2O5S/c1-3-23-11-6-9(5-10(17)14(11)24-4-2)7-12-15(21)19(8-13(18)20)16(22)25-12/h5-7H,3-4,8H2,1-2H3,(H2,18,20)/b12-7-. The van der Waals surface area contributed by atoms with Gasteiger partial charge in [-0.05, 0) is 49.4 Å². The number of primary amides is 1. The fraction of sp³-hybridized carbons (Fsp3) is 0.312. The summed E-state index contributed by atoms with van der Waals surface area (Å²) in [7, 11) is 0. The molecule has 7 nitrogen and oxygen atoms in total. The maximum atomic E-state index is 12.2. The van der Waals surface area contributed by atoms with Crippen LogP contribution in [-0.2, 0) is 9.59 Å². The number of ether oxygens (including phenoxy) is 2. The minimum absolute atomic E-state index is 0.175. The Hall–Kier alpha value is -2.19. The van der Waals surface area contributed by atoms with Crippen molar-refractivity contribution < 1.29 is 23.9 Å². The maximum Gasteiger partial charge on any atom is 0.294 e. The monoisotopic (exact) mass is 384 g/mol. The summed E-state index contributed by atoms with van der Waals surface area (Å²) < 4.78 is 11.0. The van der Waals surface area contributed by atoms with Crippen LogP contribution in [0.5, 0.6) is 11.5 Å². The lowest BCUT2D eigenvalue weighted by atomic mass is 10.1. The van der Waals surface area contributed by atoms with Crippen LogP contribution in [0.1, 0.15) is 19.4 Å². The SMILES string of the molecule is CCOc1cc(/C=C2\SC(=O)N(CC(N)=O)C2=O)cc(Cl)c1OCC. The molecule has 134 valence electrons. The van der Waals surface area contributed by atoms with Gasteiger partial charge in [-0.3, -0.25) is 19.3 Å². The molecule has 0 saturated carbocycles. The van der Waals surface area contributed by atoms with Gasteiger partial charge in [0.25, 0.3) is 11.1 Å². The van der Waals surface area contributed by atoms with E-state index < -0.39 is 23.6 Å². The van der Waals surface area contributed by atoms with E-state index in [9.17, 15) is 14.4 Å². The Bertz CT molecular complexity index is 750. The molecule has 0 atom stereocenters. The van der Waals surface area contributed by atoms with Crippen LogP contribution in [0.3, 0.4) is 0 Å². The van der Waals surface area contributed by atoms with Gasteiger partial charge in [-0.2, -0.15) is 0 Å². The predicted octanol–water partition coefficient (Wildman–Crippen LogP) is 2.66. The number of carbonyl (C=O) groups excluding carboxylic acids is 3. The summed E-state index contributed by atoms with van der Waals surface area (Å²) in [6.45, 7) is 4.04. The Labute approximate surface area is 154 Å². The molecule has 1 fully saturated rings. The van der Waals surface area contributed by atoms with Crippen molar-refractivity contribution in [3.05, 3.63) is 27.6 Å². The second-order valence-electron chi connectivity index (χ2n) is 4.93. The van der Waals surface area contributed by atoms with Crippen molar-refractivity contribution in [1.82, 2.24) is 4.90 Å². The molecule has 25 heavy (non-hydrogen) atoms. The average Bonchev–Trinajstić information content (AvgIpc) is 2.78. The molecule has 0 spiro atoms. The lowest BCUT2D eigenvalue weighted by molar-refractivity contribution is -0.127. The van der Waals surface area contributed by atoms with Crippen LogP contribution >= 0.6 is 23.4 Å². The number of rotatable bonds is 7. The number of carbonyl (C=O) groups is 3. The Morgan fingerprint density at radius 1 is 1.28 bits per heavy atom. The molecule has 2 N–H and O–H groups in total. The van der Waals surface area contributed by atoms with E-state index in [1.54, 1.807) is 12.1 Å². The van der Waals surface area contributed by atoms with Gasteiger partial charge in [0.2, 0.25) is 5.91 Å². The molecule has 1 heterocycles. The van der Waals surface area contributed by atoms with E-state index in [0.717, 1.165) is 16.7 Å². The third-order valence-electron chi connectivity index (χ3n) is 3.11. The molecule has 1 aromatic carbocycles. The highest BCUT2D eigenvalue weighted by Crippen LogP contribution is 2.39. The zero-order valence-corrected chi connectivity index (χ0v) is 15.3. The zero-order valence-electron chi connectivity index (χ0n) is 13.7. The van der Waals surface area contributed by atoms with Crippen LogP contribution in [-0.4, -0.2) is 41.7 Å². The topological polar surface area (TPSA) is 98.9 Å². The van der Waals surface area contributed by atoms with Crippen LogP contribution in [0, 0.1) is 0 Å². The molecule has 3 amide bonds. The van der Waals surface area contributed by atoms with Crippen molar-refractivity contribution >= 4 is 46.5 Å². The summed E-state index contributed by atoms with van der Waals surface area (Å²) in [6, 6.07) is 3.28. The van der Waals surface area contributed by atoms with E-state index in [1.807, 2.05) is 13.8 Å². The molecule has 2 rings (SSSR count). The number of hydrogen-bond donors (Lipinski definition) is 1. The number of amides is 3. The van der Waals surface area contributed by atoms with Crippen molar-refractivity contribution in [3.63, 3.8) is 0 Å². The number of nitrogens with two attached hydrogens (primary N) is 1. The summed E-state index contributed by atoms with van der Waals surface area (Å²) in [5.74, 6) is -0.465. The van der Waals surface area contributed by atoms with Gasteiger partial charge in [0, 0.05) is 0 Å². The van der Waals surface area contributed by atoms with Gasteiger partial charge in [0.15, 0.2) is 11.5 Å². The fourth-order valence-electron chi connectivity index (χ4n) is 2.16. The zero-order chi connectivity index (χ0) is 18.6. The van der Waals surface area contributed by atoms with Crippen molar-refractivity contribution in [2.45, 2.75) is 13.8 Å². The van der Waals surface area contributed by atoms with Crippen molar-refractivity contribution in [3.8, 4) is 11.5 Å². The highest BCUT2D eigenvalue weighted by molar-refractivity contribution is 8.18. The summed E-state index contributed by atoms with van der Waals surface area (Å²) >= 11 is 6.97. The number of thioether (sulfide) groups is 1. The van der Waals surface area contributed by atoms with Crippen LogP contribution in [0.25, 0.3) is 6.08 Å². The molecule has 0 unspecified atom stereocenters. The number of halogens is 1. The van der Waals surface area contributed by atoms with E-state index in [1.165, 1.54) is 6.08 Å². The van der Waals surface area contributed by atoms with E-state index >= 15 is 0 Å². The molecule has 0 radical (unpaired) electrons. The lowest BCUT2D eigenvalue weighted by Crippen LogP contribution is -2.36. The van der Waals surface area contributed by atoms with Crippen LogP contribution in [0.15, 0.2) is 17.0 Å². The van der Waals surface area contributed by atoms with E-state index in [-0.39, 0.29) is 4.91 Å². The van der Waals surface area contributed by atoms with E-state index in [2.05, 4.69) is 0 Å². The Morgan fingerprint density at radius 2 is 1.96 bits per heavy atom. The van der Waals surface area contributed by atoms with Gasteiger partial charge in [0.05, 0.1) is 23.1 Å². The Morgan fingerprint density at radius 3 is 2.56 bits per heavy atom. The molecule has 0 aromatic heterocycles. The second kappa shape index (κ2) is 8.26. The highest BCUT2D eigenvalue weighted by Gasteiger charge is 2.35.